The number of aromatic nitrogens is 2. The Labute approximate surface area is 113 Å². The van der Waals surface area contributed by atoms with Crippen LogP contribution >= 0.6 is 0 Å². The number of fused-ring (bicyclic) bond motifs is 1. The third kappa shape index (κ3) is 3.13. The minimum Gasteiger partial charge on any atom is -0.352 e. The summed E-state index contributed by atoms with van der Waals surface area (Å²) in [5.41, 5.74) is 3.20. The van der Waals surface area contributed by atoms with Crippen molar-refractivity contribution in [2.75, 3.05) is 0 Å². The van der Waals surface area contributed by atoms with Gasteiger partial charge in [-0.05, 0) is 31.0 Å². The fourth-order valence-electron chi connectivity index (χ4n) is 2.10. The van der Waals surface area contributed by atoms with Crippen molar-refractivity contribution in [1.82, 2.24) is 14.9 Å². The molecule has 1 heterocycles. The molecule has 0 saturated heterocycles. The van der Waals surface area contributed by atoms with Gasteiger partial charge in [0, 0.05) is 20.0 Å². The molecule has 0 spiro atoms. The fraction of sp³-hybridized carbons (Fsp3) is 0.467. The third-order valence-electron chi connectivity index (χ3n) is 3.42. The SMILES string of the molecule is CCCCC(=O)NCc1ccc2c(c1)nc(C)n2C. The van der Waals surface area contributed by atoms with Crippen molar-refractivity contribution in [2.24, 2.45) is 7.05 Å². The highest BCUT2D eigenvalue weighted by Gasteiger charge is 2.05. The van der Waals surface area contributed by atoms with Crippen LogP contribution in [0, 0.1) is 6.92 Å². The lowest BCUT2D eigenvalue weighted by Gasteiger charge is -2.05. The van der Waals surface area contributed by atoms with E-state index >= 15 is 0 Å². The number of carbonyl (C=O) groups excluding carboxylic acids is 1. The molecule has 0 fully saturated rings. The van der Waals surface area contributed by atoms with E-state index in [0.717, 1.165) is 35.3 Å². The average molecular weight is 259 g/mol. The molecule has 0 unspecified atom stereocenters. The van der Waals surface area contributed by atoms with Crippen molar-refractivity contribution in [3.8, 4) is 0 Å². The predicted molar refractivity (Wildman–Crippen MR) is 76.8 cm³/mol. The lowest BCUT2D eigenvalue weighted by Crippen LogP contribution is -2.22. The number of hydrogen-bond donors (Lipinski definition) is 1. The van der Waals surface area contributed by atoms with Crippen molar-refractivity contribution in [1.29, 1.82) is 0 Å². The summed E-state index contributed by atoms with van der Waals surface area (Å²) < 4.78 is 2.07. The number of nitrogens with one attached hydrogen (secondary N) is 1. The quantitative estimate of drug-likeness (QED) is 0.897. The van der Waals surface area contributed by atoms with E-state index in [1.54, 1.807) is 0 Å². The smallest absolute Gasteiger partial charge is 0.220 e. The molecule has 0 bridgehead atoms. The molecule has 0 atom stereocenters. The molecule has 0 saturated carbocycles. The van der Waals surface area contributed by atoms with Gasteiger partial charge >= 0.3 is 0 Å². The summed E-state index contributed by atoms with van der Waals surface area (Å²) >= 11 is 0. The van der Waals surface area contributed by atoms with Gasteiger partial charge < -0.3 is 9.88 Å². The van der Waals surface area contributed by atoms with Gasteiger partial charge in [0.05, 0.1) is 11.0 Å². The van der Waals surface area contributed by atoms with E-state index in [4.69, 9.17) is 0 Å². The normalized spacial score (nSPS) is 10.9. The molecule has 4 nitrogen and oxygen atoms in total. The van der Waals surface area contributed by atoms with Gasteiger partial charge in [-0.15, -0.1) is 0 Å². The highest BCUT2D eigenvalue weighted by molar-refractivity contribution is 5.78. The first-order chi connectivity index (χ1) is 9.11. The Balaban J connectivity index is 2.03. The number of nitrogens with zero attached hydrogens (tertiary/aromatic N) is 2. The molecule has 0 aliphatic rings. The van der Waals surface area contributed by atoms with Crippen LogP contribution in [-0.2, 0) is 18.4 Å². The van der Waals surface area contributed by atoms with Crippen LogP contribution in [0.3, 0.4) is 0 Å². The van der Waals surface area contributed by atoms with E-state index < -0.39 is 0 Å². The lowest BCUT2D eigenvalue weighted by atomic mass is 10.2. The Hall–Kier alpha value is -1.84. The molecule has 1 N–H and O–H groups in total. The van der Waals surface area contributed by atoms with Gasteiger partial charge in [-0.2, -0.15) is 0 Å². The first-order valence-electron chi connectivity index (χ1n) is 6.80. The van der Waals surface area contributed by atoms with Crippen molar-refractivity contribution >= 4 is 16.9 Å². The molecule has 4 heteroatoms. The second-order valence-corrected chi connectivity index (χ2v) is 4.92. The number of unbranched alkanes of at least 4 members (excludes halogenated alkanes) is 1. The van der Waals surface area contributed by atoms with Crippen LogP contribution in [0.4, 0.5) is 0 Å². The highest BCUT2D eigenvalue weighted by atomic mass is 16.1. The predicted octanol–water partition coefficient (Wildman–Crippen LogP) is 2.69. The summed E-state index contributed by atoms with van der Waals surface area (Å²) in [4.78, 5) is 16.1. The second kappa shape index (κ2) is 5.87. The molecular weight excluding hydrogens is 238 g/mol. The molecule has 0 aliphatic heterocycles. The largest absolute Gasteiger partial charge is 0.352 e. The molecule has 1 aromatic heterocycles. The molecule has 1 amide bonds. The topological polar surface area (TPSA) is 46.9 Å². The maximum atomic E-state index is 11.6. The molecule has 1 aromatic carbocycles. The van der Waals surface area contributed by atoms with Crippen molar-refractivity contribution < 1.29 is 4.79 Å². The van der Waals surface area contributed by atoms with Crippen LogP contribution in [0.1, 0.15) is 37.6 Å². The van der Waals surface area contributed by atoms with Crippen LogP contribution in [0.2, 0.25) is 0 Å². The number of benzene rings is 1. The van der Waals surface area contributed by atoms with Gasteiger partial charge in [-0.25, -0.2) is 4.98 Å². The Bertz CT molecular complexity index is 586. The highest BCUT2D eigenvalue weighted by Crippen LogP contribution is 2.16. The number of aryl methyl sites for hydroxylation is 2. The van der Waals surface area contributed by atoms with Crippen molar-refractivity contribution in [3.63, 3.8) is 0 Å². The third-order valence-corrected chi connectivity index (χ3v) is 3.42. The Morgan fingerprint density at radius 3 is 2.95 bits per heavy atom. The van der Waals surface area contributed by atoms with E-state index in [9.17, 15) is 4.79 Å². The summed E-state index contributed by atoms with van der Waals surface area (Å²) in [6.07, 6.45) is 2.61. The molecule has 2 aromatic rings. The van der Waals surface area contributed by atoms with Crippen LogP contribution in [0.5, 0.6) is 0 Å². The van der Waals surface area contributed by atoms with Gasteiger partial charge in [0.2, 0.25) is 5.91 Å². The van der Waals surface area contributed by atoms with Crippen LogP contribution in [-0.4, -0.2) is 15.5 Å². The number of rotatable bonds is 5. The lowest BCUT2D eigenvalue weighted by molar-refractivity contribution is -0.121. The maximum Gasteiger partial charge on any atom is 0.220 e. The summed E-state index contributed by atoms with van der Waals surface area (Å²) in [5.74, 6) is 1.12. The second-order valence-electron chi connectivity index (χ2n) is 4.92. The average Bonchev–Trinajstić information content (AvgIpc) is 2.69. The summed E-state index contributed by atoms with van der Waals surface area (Å²) in [7, 11) is 2.01. The van der Waals surface area contributed by atoms with Gasteiger partial charge in [0.1, 0.15) is 5.82 Å². The van der Waals surface area contributed by atoms with Crippen LogP contribution in [0.25, 0.3) is 11.0 Å². The van der Waals surface area contributed by atoms with Crippen LogP contribution < -0.4 is 5.32 Å². The zero-order valence-electron chi connectivity index (χ0n) is 11.9. The number of carbonyl (C=O) groups is 1. The molecule has 19 heavy (non-hydrogen) atoms. The van der Waals surface area contributed by atoms with Crippen molar-refractivity contribution in [2.45, 2.75) is 39.7 Å². The molecular formula is C15H21N3O. The Morgan fingerprint density at radius 1 is 1.42 bits per heavy atom. The Morgan fingerprint density at radius 2 is 2.21 bits per heavy atom. The molecule has 0 radical (unpaired) electrons. The summed E-state index contributed by atoms with van der Waals surface area (Å²) in [6, 6.07) is 6.15. The minimum atomic E-state index is 0.124. The Kier molecular flexibility index (Phi) is 4.20. The minimum absolute atomic E-state index is 0.124. The van der Waals surface area contributed by atoms with Gasteiger partial charge in [-0.3, -0.25) is 4.79 Å². The van der Waals surface area contributed by atoms with Gasteiger partial charge in [0.15, 0.2) is 0 Å². The fourth-order valence-corrected chi connectivity index (χ4v) is 2.10. The van der Waals surface area contributed by atoms with E-state index in [1.165, 1.54) is 0 Å². The summed E-state index contributed by atoms with van der Waals surface area (Å²) in [5, 5.41) is 2.95. The standard InChI is InChI=1S/C15H21N3O/c1-4-5-6-15(19)16-10-12-7-8-14-13(9-12)17-11(2)18(14)3/h7-9H,4-6,10H2,1-3H3,(H,16,19). The zero-order valence-corrected chi connectivity index (χ0v) is 11.9. The number of imidazole rings is 1. The van der Waals surface area contributed by atoms with Crippen LogP contribution in [0.15, 0.2) is 18.2 Å². The zero-order chi connectivity index (χ0) is 13.8. The van der Waals surface area contributed by atoms with Gasteiger partial charge in [0.25, 0.3) is 0 Å². The number of amides is 1. The maximum absolute atomic E-state index is 11.6. The molecule has 0 aliphatic carbocycles. The molecule has 102 valence electrons. The van der Waals surface area contributed by atoms with E-state index in [0.29, 0.717) is 13.0 Å². The van der Waals surface area contributed by atoms with E-state index in [1.807, 2.05) is 26.1 Å². The molecule has 2 rings (SSSR count). The monoisotopic (exact) mass is 259 g/mol. The summed E-state index contributed by atoms with van der Waals surface area (Å²) in [6.45, 7) is 4.66. The number of hydrogen-bond acceptors (Lipinski definition) is 2. The first-order valence-corrected chi connectivity index (χ1v) is 6.80. The first kappa shape index (κ1) is 13.6. The van der Waals surface area contributed by atoms with Gasteiger partial charge in [-0.1, -0.05) is 19.4 Å². The van der Waals surface area contributed by atoms with E-state index in [-0.39, 0.29) is 5.91 Å². The van der Waals surface area contributed by atoms with Crippen molar-refractivity contribution in [3.05, 3.63) is 29.6 Å². The van der Waals surface area contributed by atoms with E-state index in [2.05, 4.69) is 27.9 Å².